The molecule has 0 bridgehead atoms. The third-order valence-corrected chi connectivity index (χ3v) is 2.56. The zero-order chi connectivity index (χ0) is 20.6. The van der Waals surface area contributed by atoms with Gasteiger partial charge in [-0.3, -0.25) is 4.79 Å². The molecule has 0 heterocycles. The molecule has 0 fully saturated rings. The molecule has 0 saturated carbocycles. The maximum atomic E-state index is 12.8. The molecule has 1 aromatic rings. The van der Waals surface area contributed by atoms with Gasteiger partial charge in [-0.05, 0) is 12.1 Å². The van der Waals surface area contributed by atoms with E-state index in [1.165, 1.54) is 0 Å². The number of ether oxygens (including phenoxy) is 1. The summed E-state index contributed by atoms with van der Waals surface area (Å²) in [4.78, 5) is 21.8. The molecule has 0 atom stereocenters. The summed E-state index contributed by atoms with van der Waals surface area (Å²) in [7, 11) is 0. The lowest BCUT2D eigenvalue weighted by Gasteiger charge is -2.19. The van der Waals surface area contributed by atoms with Crippen molar-refractivity contribution < 1.29 is 58.2 Å². The normalized spacial score (nSPS) is 13.3. The van der Waals surface area contributed by atoms with E-state index in [0.29, 0.717) is 12.1 Å². The topological polar surface area (TPSA) is 55.4 Å². The fraction of sp³-hybridized carbons (Fsp3) is 0.333. The molecule has 0 aliphatic rings. The number of amides is 1. The van der Waals surface area contributed by atoms with Crippen LogP contribution >= 0.6 is 0 Å². The molecule has 4 nitrogen and oxygen atoms in total. The van der Waals surface area contributed by atoms with Crippen molar-refractivity contribution in [3.63, 3.8) is 0 Å². The molecular formula is C12H5F10NO3. The zero-order valence-electron chi connectivity index (χ0n) is 11.8. The van der Waals surface area contributed by atoms with Crippen LogP contribution in [0.15, 0.2) is 24.3 Å². The number of rotatable bonds is 4. The van der Waals surface area contributed by atoms with Crippen molar-refractivity contribution in [2.24, 2.45) is 0 Å². The first-order valence-corrected chi connectivity index (χ1v) is 6.03. The van der Waals surface area contributed by atoms with E-state index in [1.54, 1.807) is 0 Å². The van der Waals surface area contributed by atoms with E-state index >= 15 is 0 Å². The molecule has 26 heavy (non-hydrogen) atoms. The highest BCUT2D eigenvalue weighted by molar-refractivity contribution is 5.96. The van der Waals surface area contributed by atoms with Crippen LogP contribution in [0.3, 0.4) is 0 Å². The maximum Gasteiger partial charge on any atom is 0.465 e. The third-order valence-electron chi connectivity index (χ3n) is 2.56. The van der Waals surface area contributed by atoms with Gasteiger partial charge in [0.05, 0.1) is 0 Å². The minimum absolute atomic E-state index is 0.286. The Morgan fingerprint density at radius 3 is 1.77 bits per heavy atom. The summed E-state index contributed by atoms with van der Waals surface area (Å²) in [6.45, 7) is 0. The number of benzene rings is 1. The van der Waals surface area contributed by atoms with Crippen LogP contribution in [0.5, 0.6) is 5.75 Å². The number of alkyl halides is 10. The van der Waals surface area contributed by atoms with Crippen LogP contribution < -0.4 is 10.1 Å². The van der Waals surface area contributed by atoms with Gasteiger partial charge in [0.1, 0.15) is 5.75 Å². The van der Waals surface area contributed by atoms with E-state index in [9.17, 15) is 53.5 Å². The Morgan fingerprint density at radius 1 is 0.808 bits per heavy atom. The SMILES string of the molecule is O=C(Nc1cccc(OC(=O)C(F)(F)C(F)(F)F)c1)C(F)(F)C(F)(F)F. The lowest BCUT2D eigenvalue weighted by atomic mass is 10.2. The summed E-state index contributed by atoms with van der Waals surface area (Å²) in [6, 6.07) is 2.30. The van der Waals surface area contributed by atoms with Gasteiger partial charge < -0.3 is 10.1 Å². The quantitative estimate of drug-likeness (QED) is 0.473. The molecule has 0 spiro atoms. The second-order valence-electron chi connectivity index (χ2n) is 4.52. The van der Waals surface area contributed by atoms with Crippen LogP contribution in [0, 0.1) is 0 Å². The first-order valence-electron chi connectivity index (χ1n) is 6.03. The first kappa shape index (κ1) is 21.5. The molecule has 0 aliphatic heterocycles. The van der Waals surface area contributed by atoms with Gasteiger partial charge in [-0.15, -0.1) is 0 Å². The second kappa shape index (κ2) is 6.64. The van der Waals surface area contributed by atoms with E-state index in [0.717, 1.165) is 11.4 Å². The Morgan fingerprint density at radius 2 is 1.31 bits per heavy atom. The Labute approximate surface area is 136 Å². The number of hydrogen-bond donors (Lipinski definition) is 1. The van der Waals surface area contributed by atoms with Crippen LogP contribution in [-0.4, -0.2) is 36.1 Å². The van der Waals surface area contributed by atoms with E-state index in [2.05, 4.69) is 4.74 Å². The van der Waals surface area contributed by atoms with Crippen LogP contribution in [0.1, 0.15) is 0 Å². The van der Waals surface area contributed by atoms with Gasteiger partial charge in [0.15, 0.2) is 0 Å². The highest BCUT2D eigenvalue weighted by atomic mass is 19.4. The Hall–Kier alpha value is -2.54. The van der Waals surface area contributed by atoms with Crippen LogP contribution in [0.2, 0.25) is 0 Å². The minimum atomic E-state index is -6.29. The van der Waals surface area contributed by atoms with Gasteiger partial charge in [-0.25, -0.2) is 4.79 Å². The second-order valence-corrected chi connectivity index (χ2v) is 4.52. The van der Waals surface area contributed by atoms with E-state index < -0.39 is 47.5 Å². The maximum absolute atomic E-state index is 12.8. The number of carbonyl (C=O) groups excluding carboxylic acids is 2. The van der Waals surface area contributed by atoms with Crippen molar-refractivity contribution in [1.29, 1.82) is 0 Å². The highest BCUT2D eigenvalue weighted by Gasteiger charge is 2.65. The Balaban J connectivity index is 2.97. The van der Waals surface area contributed by atoms with Gasteiger partial charge in [0.25, 0.3) is 0 Å². The number of esters is 1. The third kappa shape index (κ3) is 4.35. The standard InChI is InChI=1S/C12H5F10NO3/c13-9(14,11(17,18)19)7(24)23-5-2-1-3-6(4-5)26-8(25)10(15,16)12(20,21)22/h1-4H,(H,23,24). The average Bonchev–Trinajstić information content (AvgIpc) is 2.44. The van der Waals surface area contributed by atoms with Crippen molar-refractivity contribution >= 4 is 17.6 Å². The molecule has 1 N–H and O–H groups in total. The van der Waals surface area contributed by atoms with Gasteiger partial charge in [-0.1, -0.05) is 6.07 Å². The summed E-state index contributed by atoms with van der Waals surface area (Å²) < 4.78 is 127. The van der Waals surface area contributed by atoms with Gasteiger partial charge in [0.2, 0.25) is 0 Å². The first-order chi connectivity index (χ1) is 11.5. The molecule has 14 heteroatoms. The Bertz CT molecular complexity index is 640. The molecule has 0 radical (unpaired) electrons. The number of halogens is 10. The summed E-state index contributed by atoms with van der Waals surface area (Å²) in [5, 5.41) is 1.06. The number of nitrogens with one attached hydrogen (secondary N) is 1. The van der Waals surface area contributed by atoms with Crippen molar-refractivity contribution in [1.82, 2.24) is 0 Å². The lowest BCUT2D eigenvalue weighted by Crippen LogP contribution is -2.47. The van der Waals surface area contributed by atoms with Crippen molar-refractivity contribution in [2.45, 2.75) is 24.2 Å². The summed E-state index contributed by atoms with van der Waals surface area (Å²) in [6.07, 6.45) is -12.5. The largest absolute Gasteiger partial charge is 0.465 e. The highest BCUT2D eigenvalue weighted by Crippen LogP contribution is 2.38. The fourth-order valence-corrected chi connectivity index (χ4v) is 1.26. The van der Waals surface area contributed by atoms with Gasteiger partial charge in [-0.2, -0.15) is 43.9 Å². The summed E-state index contributed by atoms with van der Waals surface area (Å²) in [5.74, 6) is -18.7. The molecule has 0 saturated heterocycles. The predicted molar refractivity (Wildman–Crippen MR) is 62.7 cm³/mol. The zero-order valence-corrected chi connectivity index (χ0v) is 11.8. The lowest BCUT2D eigenvalue weighted by molar-refractivity contribution is -0.276. The van der Waals surface area contributed by atoms with Crippen LogP contribution in [0.25, 0.3) is 0 Å². The molecule has 146 valence electrons. The van der Waals surface area contributed by atoms with Crippen LogP contribution in [0.4, 0.5) is 49.6 Å². The Kier molecular flexibility index (Phi) is 5.49. The van der Waals surface area contributed by atoms with Crippen molar-refractivity contribution in [3.05, 3.63) is 24.3 Å². The molecule has 0 aromatic heterocycles. The van der Waals surface area contributed by atoms with Crippen molar-refractivity contribution in [3.8, 4) is 5.75 Å². The summed E-state index contributed by atoms with van der Waals surface area (Å²) in [5.41, 5.74) is -0.889. The monoisotopic (exact) mass is 401 g/mol. The van der Waals surface area contributed by atoms with Crippen molar-refractivity contribution in [2.75, 3.05) is 5.32 Å². The number of carbonyl (C=O) groups is 2. The number of anilines is 1. The smallest absolute Gasteiger partial charge is 0.422 e. The van der Waals surface area contributed by atoms with Gasteiger partial charge in [0, 0.05) is 11.8 Å². The fourth-order valence-electron chi connectivity index (χ4n) is 1.26. The van der Waals surface area contributed by atoms with E-state index in [1.807, 2.05) is 0 Å². The molecule has 1 amide bonds. The molecule has 0 aliphatic carbocycles. The molecule has 1 rings (SSSR count). The predicted octanol–water partition coefficient (Wildman–Crippen LogP) is 3.93. The van der Waals surface area contributed by atoms with Gasteiger partial charge >= 0.3 is 36.1 Å². The average molecular weight is 401 g/mol. The number of hydrogen-bond acceptors (Lipinski definition) is 3. The molecular weight excluding hydrogens is 396 g/mol. The minimum Gasteiger partial charge on any atom is -0.422 e. The molecule has 0 unspecified atom stereocenters. The van der Waals surface area contributed by atoms with Crippen LogP contribution in [-0.2, 0) is 9.59 Å². The summed E-state index contributed by atoms with van der Waals surface area (Å²) >= 11 is 0. The molecule has 1 aromatic carbocycles. The van der Waals surface area contributed by atoms with E-state index in [-0.39, 0.29) is 6.07 Å². The van der Waals surface area contributed by atoms with E-state index in [4.69, 9.17) is 0 Å².